The topological polar surface area (TPSA) is 57.1 Å². The highest BCUT2D eigenvalue weighted by Crippen LogP contribution is 2.62. The first-order valence-corrected chi connectivity index (χ1v) is 21.5. The first-order chi connectivity index (χ1) is 31.2. The lowest BCUT2D eigenvalue weighted by atomic mass is 9.66. The third-order valence-electron chi connectivity index (χ3n) is 13.2. The number of hydrogen-bond acceptors (Lipinski definition) is 5. The molecule has 4 aliphatic rings. The second kappa shape index (κ2) is 13.9. The molecule has 8 aromatic carbocycles. The second-order valence-corrected chi connectivity index (χ2v) is 16.6. The van der Waals surface area contributed by atoms with Crippen molar-refractivity contribution in [2.75, 3.05) is 0 Å². The van der Waals surface area contributed by atoms with Crippen molar-refractivity contribution in [3.8, 4) is 84.8 Å². The van der Waals surface area contributed by atoms with Gasteiger partial charge in [-0.05, 0) is 63.2 Å². The summed E-state index contributed by atoms with van der Waals surface area (Å²) in [5.41, 5.74) is 15.0. The molecule has 0 bridgehead atoms. The summed E-state index contributed by atoms with van der Waals surface area (Å²) in [7, 11) is 0. The van der Waals surface area contributed by atoms with Crippen LogP contribution in [0.2, 0.25) is 0 Å². The first-order valence-electron chi connectivity index (χ1n) is 21.5. The Bertz CT molecular complexity index is 3320. The fourth-order valence-electron chi connectivity index (χ4n) is 10.3. The van der Waals surface area contributed by atoms with E-state index in [1.807, 2.05) is 30.3 Å². The molecule has 5 nitrogen and oxygen atoms in total. The summed E-state index contributed by atoms with van der Waals surface area (Å²) < 4.78 is 13.3. The molecule has 3 heterocycles. The number of benzene rings is 8. The van der Waals surface area contributed by atoms with Crippen LogP contribution in [0.15, 0.2) is 212 Å². The van der Waals surface area contributed by atoms with Crippen molar-refractivity contribution in [2.45, 2.75) is 17.4 Å². The van der Waals surface area contributed by atoms with Gasteiger partial charge in [0, 0.05) is 44.9 Å². The molecule has 2 aliphatic heterocycles. The molecule has 1 spiro atoms. The van der Waals surface area contributed by atoms with Crippen LogP contribution in [0.25, 0.3) is 67.5 Å². The van der Waals surface area contributed by atoms with E-state index in [1.165, 1.54) is 27.8 Å². The molecule has 2 aliphatic carbocycles. The van der Waals surface area contributed by atoms with Crippen LogP contribution in [0.4, 0.5) is 0 Å². The summed E-state index contributed by atoms with van der Waals surface area (Å²) in [6.45, 7) is 0. The Labute approximate surface area is 365 Å². The number of fused-ring (bicyclic) bond motifs is 12. The fourth-order valence-corrected chi connectivity index (χ4v) is 10.3. The zero-order chi connectivity index (χ0) is 41.5. The van der Waals surface area contributed by atoms with Gasteiger partial charge in [-0.25, -0.2) is 15.0 Å². The molecule has 63 heavy (non-hydrogen) atoms. The summed E-state index contributed by atoms with van der Waals surface area (Å²) >= 11 is 0. The zero-order valence-corrected chi connectivity index (χ0v) is 34.0. The van der Waals surface area contributed by atoms with Crippen molar-refractivity contribution in [1.82, 2.24) is 15.0 Å². The maximum Gasteiger partial charge on any atom is 0.164 e. The number of hydrogen-bond donors (Lipinski definition) is 0. The SMILES string of the molecule is C1=CC2Oc3c(-c4ccc(-c5nc(-c6ccccc6)nc(-c6cccc(-c7ccc8c(c7)Oc7ccccc7C87c8ccccc8-c8ccccc87)c6)n5)cc4)cccc3C2C=C1. The Morgan fingerprint density at radius 2 is 0.921 bits per heavy atom. The van der Waals surface area contributed by atoms with Gasteiger partial charge in [0.1, 0.15) is 23.4 Å². The molecule has 9 aromatic rings. The number of allylic oxidation sites excluding steroid dienone is 2. The van der Waals surface area contributed by atoms with Crippen molar-refractivity contribution in [2.24, 2.45) is 0 Å². The molecule has 1 aromatic heterocycles. The molecule has 0 fully saturated rings. The third kappa shape index (κ3) is 5.46. The van der Waals surface area contributed by atoms with E-state index >= 15 is 0 Å². The van der Waals surface area contributed by atoms with Gasteiger partial charge in [0.05, 0.1) is 5.41 Å². The first kappa shape index (κ1) is 35.6. The summed E-state index contributed by atoms with van der Waals surface area (Å²) in [6, 6.07) is 66.3. The molecule has 0 saturated carbocycles. The monoisotopic (exact) mass is 807 g/mol. The minimum absolute atomic E-state index is 0.0300. The summed E-state index contributed by atoms with van der Waals surface area (Å²) in [5.74, 6) is 4.73. The number of nitrogens with zero attached hydrogens (tertiary/aromatic N) is 3. The average Bonchev–Trinajstić information content (AvgIpc) is 3.88. The maximum atomic E-state index is 6.84. The van der Waals surface area contributed by atoms with E-state index in [0.29, 0.717) is 17.5 Å². The van der Waals surface area contributed by atoms with Gasteiger partial charge >= 0.3 is 0 Å². The van der Waals surface area contributed by atoms with Crippen LogP contribution in [-0.2, 0) is 5.41 Å². The summed E-state index contributed by atoms with van der Waals surface area (Å²) in [6.07, 6.45) is 8.57. The second-order valence-electron chi connectivity index (χ2n) is 16.6. The Morgan fingerprint density at radius 3 is 1.70 bits per heavy atom. The minimum atomic E-state index is -0.506. The van der Waals surface area contributed by atoms with E-state index in [4.69, 9.17) is 24.4 Å². The predicted molar refractivity (Wildman–Crippen MR) is 250 cm³/mol. The average molecular weight is 808 g/mol. The highest BCUT2D eigenvalue weighted by molar-refractivity contribution is 5.89. The normalized spacial score (nSPS) is 16.5. The Hall–Kier alpha value is -8.15. The van der Waals surface area contributed by atoms with Crippen molar-refractivity contribution >= 4 is 0 Å². The number of rotatable bonds is 5. The molecule has 2 unspecified atom stereocenters. The van der Waals surface area contributed by atoms with Crippen molar-refractivity contribution in [3.05, 3.63) is 240 Å². The van der Waals surface area contributed by atoms with Crippen LogP contribution in [0, 0.1) is 0 Å². The molecular weight excluding hydrogens is 771 g/mol. The lowest BCUT2D eigenvalue weighted by Crippen LogP contribution is -2.32. The van der Waals surface area contributed by atoms with Crippen LogP contribution in [0.5, 0.6) is 17.2 Å². The van der Waals surface area contributed by atoms with Crippen LogP contribution in [0.3, 0.4) is 0 Å². The molecule has 2 atom stereocenters. The van der Waals surface area contributed by atoms with Crippen molar-refractivity contribution in [1.29, 1.82) is 0 Å². The van der Waals surface area contributed by atoms with Gasteiger partial charge in [-0.2, -0.15) is 0 Å². The minimum Gasteiger partial charge on any atom is -0.484 e. The predicted octanol–water partition coefficient (Wildman–Crippen LogP) is 13.6. The van der Waals surface area contributed by atoms with Gasteiger partial charge in [0.2, 0.25) is 0 Å². The van der Waals surface area contributed by atoms with Gasteiger partial charge in [-0.1, -0.05) is 188 Å². The number of para-hydroxylation sites is 2. The van der Waals surface area contributed by atoms with E-state index in [9.17, 15) is 0 Å². The van der Waals surface area contributed by atoms with E-state index < -0.39 is 5.41 Å². The molecule has 0 N–H and O–H groups in total. The highest BCUT2D eigenvalue weighted by Gasteiger charge is 2.51. The van der Waals surface area contributed by atoms with Gasteiger partial charge in [0.25, 0.3) is 0 Å². The molecular formula is C58H37N3O2. The van der Waals surface area contributed by atoms with Gasteiger partial charge < -0.3 is 9.47 Å². The zero-order valence-electron chi connectivity index (χ0n) is 34.0. The maximum absolute atomic E-state index is 6.84. The van der Waals surface area contributed by atoms with Gasteiger partial charge in [-0.15, -0.1) is 0 Å². The molecule has 0 amide bonds. The lowest BCUT2D eigenvalue weighted by molar-refractivity contribution is 0.270. The summed E-state index contributed by atoms with van der Waals surface area (Å²) in [5, 5.41) is 0. The van der Waals surface area contributed by atoms with Crippen LogP contribution in [0.1, 0.15) is 33.7 Å². The van der Waals surface area contributed by atoms with E-state index in [1.54, 1.807) is 0 Å². The number of aromatic nitrogens is 3. The molecule has 5 heteroatoms. The molecule has 13 rings (SSSR count). The van der Waals surface area contributed by atoms with Gasteiger partial charge in [-0.3, -0.25) is 0 Å². The van der Waals surface area contributed by atoms with E-state index in [2.05, 4.69) is 182 Å². The van der Waals surface area contributed by atoms with Crippen LogP contribution < -0.4 is 9.47 Å². The molecule has 0 radical (unpaired) electrons. The van der Waals surface area contributed by atoms with E-state index in [-0.39, 0.29) is 12.0 Å². The highest BCUT2D eigenvalue weighted by atomic mass is 16.5. The third-order valence-corrected chi connectivity index (χ3v) is 13.2. The molecule has 0 saturated heterocycles. The number of ether oxygens (including phenoxy) is 2. The summed E-state index contributed by atoms with van der Waals surface area (Å²) in [4.78, 5) is 15.3. The lowest BCUT2D eigenvalue weighted by Gasteiger charge is -2.39. The van der Waals surface area contributed by atoms with E-state index in [0.717, 1.165) is 67.3 Å². The Balaban J connectivity index is 0.893. The van der Waals surface area contributed by atoms with Crippen molar-refractivity contribution < 1.29 is 9.47 Å². The Kier molecular flexibility index (Phi) is 7.88. The molecule has 296 valence electrons. The Morgan fingerprint density at radius 1 is 0.381 bits per heavy atom. The fraction of sp³-hybridized carbons (Fsp3) is 0.0517. The van der Waals surface area contributed by atoms with Crippen molar-refractivity contribution in [3.63, 3.8) is 0 Å². The van der Waals surface area contributed by atoms with Crippen LogP contribution in [-0.4, -0.2) is 21.1 Å². The van der Waals surface area contributed by atoms with Crippen LogP contribution >= 0.6 is 0 Å². The largest absolute Gasteiger partial charge is 0.484 e. The standard InChI is InChI=1S/C58H37N3O2/c1-2-14-37(15-3-1)55-59-56(38-30-28-36(29-31-38)42-21-13-22-46-45-20-6-10-26-51(45)63-54(42)46)61-57(60-55)41-17-12-16-39(34-41)40-32-33-50-53(35-40)62-52-27-11-9-25-49(52)58(50)47-23-7-4-18-43(47)44-19-5-8-24-48(44)58/h1-35,45,51H. The van der Waals surface area contributed by atoms with Gasteiger partial charge in [0.15, 0.2) is 17.5 Å². The quantitative estimate of drug-likeness (QED) is 0.173. The smallest absolute Gasteiger partial charge is 0.164 e.